The lowest BCUT2D eigenvalue weighted by atomic mass is 10.0. The molecule has 8 rings (SSSR count). The van der Waals surface area contributed by atoms with E-state index in [1.54, 1.807) is 12.1 Å². The normalized spacial score (nSPS) is 31.5. The van der Waals surface area contributed by atoms with Crippen LogP contribution in [-0.4, -0.2) is 126 Å². The highest BCUT2D eigenvalue weighted by Crippen LogP contribution is 2.52. The topological polar surface area (TPSA) is 178 Å². The van der Waals surface area contributed by atoms with Crippen molar-refractivity contribution in [2.45, 2.75) is 114 Å². The molecule has 1 aromatic carbocycles. The first-order chi connectivity index (χ1) is 28.1. The van der Waals surface area contributed by atoms with Gasteiger partial charge in [0.15, 0.2) is 0 Å². The van der Waals surface area contributed by atoms with Crippen LogP contribution in [0.5, 0.6) is 17.4 Å². The second kappa shape index (κ2) is 17.6. The molecule has 6 aliphatic rings. The molecular formula is C42H56ClN5O10. The highest BCUT2D eigenvalue weighted by molar-refractivity contribution is 6.36. The number of hydrogen-bond acceptors (Lipinski definition) is 11. The van der Waals surface area contributed by atoms with Crippen LogP contribution in [0.2, 0.25) is 5.02 Å². The van der Waals surface area contributed by atoms with Gasteiger partial charge in [-0.2, -0.15) is 0 Å². The molecule has 3 saturated heterocycles. The van der Waals surface area contributed by atoms with Crippen LogP contribution in [-0.2, 0) is 23.9 Å². The number of aromatic nitrogens is 1. The predicted molar refractivity (Wildman–Crippen MR) is 212 cm³/mol. The number of carboxylic acids is 1. The number of rotatable bonds is 11. The van der Waals surface area contributed by atoms with E-state index >= 15 is 0 Å². The Kier molecular flexibility index (Phi) is 12.4. The van der Waals surface area contributed by atoms with Gasteiger partial charge in [-0.15, -0.1) is 0 Å². The number of alkyl carbamates (subject to hydrolysis) is 1. The number of nitrogens with zero attached hydrogens (tertiary/aromatic N) is 3. The summed E-state index contributed by atoms with van der Waals surface area (Å²) in [7, 11) is 0. The summed E-state index contributed by atoms with van der Waals surface area (Å²) in [5.74, 6) is 0.159. The molecule has 6 fully saturated rings. The molecule has 58 heavy (non-hydrogen) atoms. The van der Waals surface area contributed by atoms with Crippen LogP contribution in [0.15, 0.2) is 18.2 Å². The van der Waals surface area contributed by atoms with Crippen LogP contribution in [0.3, 0.4) is 0 Å². The van der Waals surface area contributed by atoms with Gasteiger partial charge in [0.1, 0.15) is 58.5 Å². The van der Waals surface area contributed by atoms with E-state index in [-0.39, 0.29) is 30.9 Å². The van der Waals surface area contributed by atoms with Crippen molar-refractivity contribution in [1.82, 2.24) is 25.4 Å². The maximum Gasteiger partial charge on any atom is 0.408 e. The van der Waals surface area contributed by atoms with Gasteiger partial charge in [-0.25, -0.2) is 14.6 Å². The molecule has 8 atom stereocenters. The van der Waals surface area contributed by atoms with Crippen LogP contribution in [0.4, 0.5) is 4.79 Å². The molecule has 16 heteroatoms. The summed E-state index contributed by atoms with van der Waals surface area (Å²) in [4.78, 5) is 63.1. The Morgan fingerprint density at radius 2 is 1.76 bits per heavy atom. The second-order valence-corrected chi connectivity index (χ2v) is 17.3. The standard InChI is InChI=1S/C42H56ClN5O10/c1-2-55-35-22-34(30-10-11-33(36(43)37(30)45-35)56-17-14-47-12-15-54-16-13-47)57-29-21-32-38(49)46-42(40(51)52)23-27(42)8-6-4-3-5-7-9-31(39(50)48(32)24-29)44-41(53)58-28-19-25-18-26(25)20-28/h10-11,22,25-29,31-32H,2-9,12-21,23-24H2,1H3,(H,44,53)(H,46,49)(H,51,52)/t25-,26+,27-,28?,29-,31+,32+,42-/m1/s1. The Hall–Kier alpha value is -4.08. The maximum atomic E-state index is 14.6. The van der Waals surface area contributed by atoms with Crippen molar-refractivity contribution in [3.05, 3.63) is 23.2 Å². The van der Waals surface area contributed by atoms with Crippen molar-refractivity contribution in [3.8, 4) is 17.4 Å². The zero-order chi connectivity index (χ0) is 40.4. The monoisotopic (exact) mass is 825 g/mol. The van der Waals surface area contributed by atoms with E-state index in [0.29, 0.717) is 91.4 Å². The quantitative estimate of drug-likeness (QED) is 0.279. The summed E-state index contributed by atoms with van der Waals surface area (Å²) < 4.78 is 29.8. The molecule has 1 unspecified atom stereocenters. The van der Waals surface area contributed by atoms with Crippen molar-refractivity contribution in [3.63, 3.8) is 0 Å². The molecule has 316 valence electrons. The van der Waals surface area contributed by atoms with Gasteiger partial charge in [0, 0.05) is 37.5 Å². The Morgan fingerprint density at radius 3 is 2.52 bits per heavy atom. The van der Waals surface area contributed by atoms with E-state index in [9.17, 15) is 24.3 Å². The summed E-state index contributed by atoms with van der Waals surface area (Å²) in [6.45, 7) is 6.41. The second-order valence-electron chi connectivity index (χ2n) is 16.9. The Morgan fingerprint density at radius 1 is 1.00 bits per heavy atom. The summed E-state index contributed by atoms with van der Waals surface area (Å²) in [6.07, 6.45) is 7.17. The molecule has 4 heterocycles. The van der Waals surface area contributed by atoms with E-state index in [1.165, 1.54) is 11.3 Å². The first kappa shape index (κ1) is 40.7. The fraction of sp³-hybridized carbons (Fsp3) is 0.690. The van der Waals surface area contributed by atoms with Crippen LogP contribution in [0, 0.1) is 17.8 Å². The molecule has 1 aromatic heterocycles. The van der Waals surface area contributed by atoms with Gasteiger partial charge in [0.2, 0.25) is 17.7 Å². The van der Waals surface area contributed by atoms with Crippen LogP contribution < -0.4 is 24.8 Å². The predicted octanol–water partition coefficient (Wildman–Crippen LogP) is 4.94. The van der Waals surface area contributed by atoms with Gasteiger partial charge in [-0.05, 0) is 75.3 Å². The minimum Gasteiger partial charge on any atom is -0.491 e. The fourth-order valence-corrected chi connectivity index (χ4v) is 9.80. The number of ether oxygens (including phenoxy) is 5. The molecule has 0 spiro atoms. The number of halogens is 1. The van der Waals surface area contributed by atoms with Gasteiger partial charge in [0.25, 0.3) is 0 Å². The lowest BCUT2D eigenvalue weighted by Crippen LogP contribution is -2.56. The van der Waals surface area contributed by atoms with Crippen molar-refractivity contribution in [2.24, 2.45) is 17.8 Å². The van der Waals surface area contributed by atoms with Crippen LogP contribution >= 0.6 is 11.6 Å². The highest BCUT2D eigenvalue weighted by Gasteiger charge is 2.62. The SMILES string of the molecule is CCOc1cc(O[C@@H]2C[C@H]3C(=O)N[C@]4(C(=O)O)C[C@H]4CCCCCCC[C@H](NC(=O)OC4C[C@@H]5C[C@@H]5C4)C(=O)N3C2)c2ccc(OCCN3CCOCC3)c(Cl)c2n1. The number of aliphatic carboxylic acids is 1. The Labute approximate surface area is 343 Å². The smallest absolute Gasteiger partial charge is 0.408 e. The van der Waals surface area contributed by atoms with E-state index in [2.05, 4.69) is 20.5 Å². The van der Waals surface area contributed by atoms with Gasteiger partial charge >= 0.3 is 12.1 Å². The van der Waals surface area contributed by atoms with Gasteiger partial charge in [-0.3, -0.25) is 14.5 Å². The third-order valence-corrected chi connectivity index (χ3v) is 13.3. The molecule has 3 aliphatic carbocycles. The first-order valence-corrected chi connectivity index (χ1v) is 21.7. The number of nitrogens with one attached hydrogen (secondary N) is 2. The average molecular weight is 826 g/mol. The molecule has 3 saturated carbocycles. The van der Waals surface area contributed by atoms with Gasteiger partial charge in [0.05, 0.1) is 26.4 Å². The number of pyridine rings is 1. The average Bonchev–Trinajstić information content (AvgIpc) is 4.01. The maximum absolute atomic E-state index is 14.6. The van der Waals surface area contributed by atoms with Crippen LogP contribution in [0.25, 0.3) is 10.9 Å². The number of benzene rings is 1. The molecule has 2 aromatic rings. The number of amides is 3. The van der Waals surface area contributed by atoms with Crippen molar-refractivity contribution < 1.29 is 48.0 Å². The molecule has 15 nitrogen and oxygen atoms in total. The Bertz CT molecular complexity index is 1850. The number of carbonyl (C=O) groups is 4. The van der Waals surface area contributed by atoms with E-state index in [1.807, 2.05) is 13.0 Å². The summed E-state index contributed by atoms with van der Waals surface area (Å²) >= 11 is 6.93. The van der Waals surface area contributed by atoms with Crippen LogP contribution in [0.1, 0.15) is 84.0 Å². The van der Waals surface area contributed by atoms with Crippen molar-refractivity contribution in [2.75, 3.05) is 52.6 Å². The summed E-state index contributed by atoms with van der Waals surface area (Å²) in [5.41, 5.74) is -0.959. The van der Waals surface area contributed by atoms with Crippen molar-refractivity contribution >= 4 is 46.4 Å². The number of morpholine rings is 1. The molecule has 0 radical (unpaired) electrons. The van der Waals surface area contributed by atoms with E-state index in [4.69, 9.17) is 35.3 Å². The number of carbonyl (C=O) groups excluding carboxylic acids is 3. The molecule has 0 bridgehead atoms. The van der Waals surface area contributed by atoms with Crippen molar-refractivity contribution in [1.29, 1.82) is 0 Å². The third kappa shape index (κ3) is 9.06. The molecule has 3 amide bonds. The van der Waals surface area contributed by atoms with Gasteiger partial charge in [-0.1, -0.05) is 43.7 Å². The minimum absolute atomic E-state index is 0.0177. The molecule has 3 aliphatic heterocycles. The number of hydrogen-bond donors (Lipinski definition) is 3. The lowest BCUT2D eigenvalue weighted by molar-refractivity contribution is -0.146. The largest absolute Gasteiger partial charge is 0.491 e. The number of carboxylic acid groups (broad SMARTS) is 1. The minimum atomic E-state index is -1.37. The molecule has 3 N–H and O–H groups in total. The van der Waals surface area contributed by atoms with E-state index < -0.39 is 47.6 Å². The zero-order valence-electron chi connectivity index (χ0n) is 33.3. The number of fused-ring (bicyclic) bond motifs is 4. The third-order valence-electron chi connectivity index (χ3n) is 13.0. The van der Waals surface area contributed by atoms with E-state index in [0.717, 1.165) is 58.2 Å². The summed E-state index contributed by atoms with van der Waals surface area (Å²) in [5, 5.41) is 16.9. The fourth-order valence-electron chi connectivity index (χ4n) is 9.54. The molecular weight excluding hydrogens is 770 g/mol. The zero-order valence-corrected chi connectivity index (χ0v) is 34.0. The van der Waals surface area contributed by atoms with Gasteiger partial charge < -0.3 is 44.3 Å². The highest BCUT2D eigenvalue weighted by atomic mass is 35.5. The Balaban J connectivity index is 1.04. The summed E-state index contributed by atoms with van der Waals surface area (Å²) in [6, 6.07) is 3.28. The lowest BCUT2D eigenvalue weighted by Gasteiger charge is -2.29. The first-order valence-electron chi connectivity index (χ1n) is 21.3.